The average molecular weight is 385 g/mol. The molecule has 0 spiro atoms. The van der Waals surface area contributed by atoms with Crippen LogP contribution in [-0.2, 0) is 17.6 Å². The molecule has 0 aliphatic carbocycles. The van der Waals surface area contributed by atoms with E-state index in [1.165, 1.54) is 0 Å². The molecule has 0 atom stereocenters. The lowest BCUT2D eigenvalue weighted by atomic mass is 10.0. The van der Waals surface area contributed by atoms with E-state index in [4.69, 9.17) is 4.74 Å². The largest absolute Gasteiger partial charge is 0.444 e. The van der Waals surface area contributed by atoms with E-state index in [2.05, 4.69) is 10.3 Å². The Morgan fingerprint density at radius 2 is 1.79 bits per heavy atom. The summed E-state index contributed by atoms with van der Waals surface area (Å²) in [4.78, 5) is 26.9. The van der Waals surface area contributed by atoms with Crippen molar-refractivity contribution in [3.05, 3.63) is 68.5 Å². The molecule has 28 heavy (non-hydrogen) atoms. The number of amides is 1. The molecule has 2 aromatic rings. The zero-order chi connectivity index (χ0) is 20.9. The van der Waals surface area contributed by atoms with Gasteiger partial charge in [0, 0.05) is 24.2 Å². The molecule has 0 aliphatic rings. The smallest absolute Gasteiger partial charge is 0.407 e. The minimum absolute atomic E-state index is 0.0798. The van der Waals surface area contributed by atoms with Gasteiger partial charge in [0.15, 0.2) is 0 Å². The Morgan fingerprint density at radius 1 is 1.18 bits per heavy atom. The van der Waals surface area contributed by atoms with Crippen molar-refractivity contribution in [2.75, 3.05) is 6.54 Å². The van der Waals surface area contributed by atoms with Gasteiger partial charge in [-0.05, 0) is 58.2 Å². The van der Waals surface area contributed by atoms with Crippen molar-refractivity contribution in [2.24, 2.45) is 0 Å². The number of hydrogen-bond acceptors (Lipinski definition) is 5. The van der Waals surface area contributed by atoms with Gasteiger partial charge in [-0.25, -0.2) is 4.79 Å². The zero-order valence-electron chi connectivity index (χ0n) is 17.0. The number of hydrogen-bond donors (Lipinski definition) is 1. The quantitative estimate of drug-likeness (QED) is 0.592. The summed E-state index contributed by atoms with van der Waals surface area (Å²) in [5.41, 5.74) is 3.48. The molecule has 0 unspecified atom stereocenters. The third-order valence-electron chi connectivity index (χ3n) is 4.06. The van der Waals surface area contributed by atoms with Crippen molar-refractivity contribution in [1.82, 2.24) is 10.3 Å². The fourth-order valence-corrected chi connectivity index (χ4v) is 2.95. The van der Waals surface area contributed by atoms with Crippen molar-refractivity contribution in [3.63, 3.8) is 0 Å². The van der Waals surface area contributed by atoms with Gasteiger partial charge in [-0.1, -0.05) is 24.3 Å². The van der Waals surface area contributed by atoms with Gasteiger partial charge in [0.05, 0.1) is 4.92 Å². The summed E-state index contributed by atoms with van der Waals surface area (Å²) in [6, 6.07) is 9.62. The van der Waals surface area contributed by atoms with Crippen LogP contribution in [0.3, 0.4) is 0 Å². The Kier molecular flexibility index (Phi) is 6.72. The van der Waals surface area contributed by atoms with Crippen LogP contribution in [0.2, 0.25) is 0 Å². The van der Waals surface area contributed by atoms with E-state index < -0.39 is 11.7 Å². The number of nitrogens with one attached hydrogen (secondary N) is 1. The number of carbonyl (C=O) groups is 1. The van der Waals surface area contributed by atoms with Gasteiger partial charge in [0.25, 0.3) is 5.69 Å². The molecule has 150 valence electrons. The highest BCUT2D eigenvalue weighted by molar-refractivity contribution is 5.67. The maximum Gasteiger partial charge on any atom is 0.407 e. The maximum absolute atomic E-state index is 11.7. The summed E-state index contributed by atoms with van der Waals surface area (Å²) in [6.07, 6.45) is 0.712. The molecular weight excluding hydrogens is 358 g/mol. The van der Waals surface area contributed by atoms with E-state index in [1.807, 2.05) is 52.0 Å². The topological polar surface area (TPSA) is 94.4 Å². The van der Waals surface area contributed by atoms with Crippen molar-refractivity contribution < 1.29 is 14.5 Å². The van der Waals surface area contributed by atoms with Crippen LogP contribution in [0.1, 0.15) is 48.8 Å². The molecule has 1 aromatic heterocycles. The van der Waals surface area contributed by atoms with E-state index in [1.54, 1.807) is 13.0 Å². The Balaban J connectivity index is 1.99. The van der Waals surface area contributed by atoms with Gasteiger partial charge in [-0.3, -0.25) is 15.1 Å². The lowest BCUT2D eigenvalue weighted by molar-refractivity contribution is -0.386. The van der Waals surface area contributed by atoms with Crippen LogP contribution in [0, 0.1) is 24.0 Å². The molecule has 7 nitrogen and oxygen atoms in total. The first-order valence-corrected chi connectivity index (χ1v) is 9.21. The summed E-state index contributed by atoms with van der Waals surface area (Å²) < 4.78 is 5.20. The predicted octanol–water partition coefficient (Wildman–Crippen LogP) is 4.26. The summed E-state index contributed by atoms with van der Waals surface area (Å²) in [5, 5.41) is 14.1. The monoisotopic (exact) mass is 385 g/mol. The molecule has 1 N–H and O–H groups in total. The number of ether oxygens (including phenoxy) is 1. The van der Waals surface area contributed by atoms with Crippen LogP contribution in [0.25, 0.3) is 0 Å². The molecule has 7 heteroatoms. The molecule has 0 saturated carbocycles. The van der Waals surface area contributed by atoms with E-state index in [-0.39, 0.29) is 10.6 Å². The number of rotatable bonds is 6. The van der Waals surface area contributed by atoms with Gasteiger partial charge in [-0.15, -0.1) is 0 Å². The van der Waals surface area contributed by atoms with Crippen LogP contribution in [0.4, 0.5) is 10.5 Å². The number of aromatic nitrogens is 1. The second kappa shape index (κ2) is 8.82. The number of pyridine rings is 1. The molecule has 2 rings (SSSR count). The molecule has 1 amide bonds. The summed E-state index contributed by atoms with van der Waals surface area (Å²) in [5.74, 6) is 0. The first kappa shape index (κ1) is 21.3. The van der Waals surface area contributed by atoms with Crippen molar-refractivity contribution in [1.29, 1.82) is 0 Å². The molecule has 0 radical (unpaired) electrons. The number of nitrogens with zero attached hydrogens (tertiary/aromatic N) is 2. The second-order valence-electron chi connectivity index (χ2n) is 7.79. The van der Waals surface area contributed by atoms with Crippen LogP contribution in [0.5, 0.6) is 0 Å². The number of alkyl carbamates (subject to hydrolysis) is 1. The molecule has 1 aromatic carbocycles. The number of nitro groups is 1. The standard InChI is InChI=1S/C21H27N3O4/c1-14-12-18(19(24(26)27)15(2)23-14)13-17-8-6-16(7-9-17)10-11-22-20(25)28-21(3,4)5/h6-9,12H,10-11,13H2,1-5H3,(H,22,25). The summed E-state index contributed by atoms with van der Waals surface area (Å²) >= 11 is 0. The molecule has 0 fully saturated rings. The van der Waals surface area contributed by atoms with Crippen LogP contribution in [0.15, 0.2) is 30.3 Å². The van der Waals surface area contributed by atoms with Crippen molar-refractivity contribution in [3.8, 4) is 0 Å². The second-order valence-corrected chi connectivity index (χ2v) is 7.79. The van der Waals surface area contributed by atoms with E-state index in [0.29, 0.717) is 30.6 Å². The molecule has 0 aliphatic heterocycles. The molecule has 0 bridgehead atoms. The normalized spacial score (nSPS) is 11.2. The van der Waals surface area contributed by atoms with E-state index in [9.17, 15) is 14.9 Å². The first-order valence-electron chi connectivity index (χ1n) is 9.21. The van der Waals surface area contributed by atoms with Crippen molar-refractivity contribution >= 4 is 11.8 Å². The third-order valence-corrected chi connectivity index (χ3v) is 4.06. The highest BCUT2D eigenvalue weighted by atomic mass is 16.6. The molecule has 1 heterocycles. The fraction of sp³-hybridized carbons (Fsp3) is 0.429. The Bertz CT molecular complexity index is 855. The number of aryl methyl sites for hydroxylation is 2. The number of carbonyl (C=O) groups excluding carboxylic acids is 1. The van der Waals surface area contributed by atoms with Gasteiger partial charge in [-0.2, -0.15) is 0 Å². The zero-order valence-corrected chi connectivity index (χ0v) is 17.0. The minimum Gasteiger partial charge on any atom is -0.444 e. The Morgan fingerprint density at radius 3 is 2.36 bits per heavy atom. The highest BCUT2D eigenvalue weighted by Gasteiger charge is 2.19. The van der Waals surface area contributed by atoms with Crippen LogP contribution < -0.4 is 5.32 Å². The van der Waals surface area contributed by atoms with Crippen LogP contribution in [-0.4, -0.2) is 28.1 Å². The Hall–Kier alpha value is -2.96. The predicted molar refractivity (Wildman–Crippen MR) is 108 cm³/mol. The van der Waals surface area contributed by atoms with Crippen LogP contribution >= 0.6 is 0 Å². The Labute approximate surface area is 165 Å². The lowest BCUT2D eigenvalue weighted by Crippen LogP contribution is -2.33. The van der Waals surface area contributed by atoms with E-state index in [0.717, 1.165) is 16.8 Å². The third kappa shape index (κ3) is 6.33. The highest BCUT2D eigenvalue weighted by Crippen LogP contribution is 2.25. The van der Waals surface area contributed by atoms with Gasteiger partial charge in [0.2, 0.25) is 0 Å². The SMILES string of the molecule is Cc1cc(Cc2ccc(CCNC(=O)OC(C)(C)C)cc2)c([N+](=O)[O-])c(C)n1. The maximum atomic E-state index is 11.7. The van der Waals surface area contributed by atoms with E-state index >= 15 is 0 Å². The first-order chi connectivity index (χ1) is 13.0. The van der Waals surface area contributed by atoms with Crippen molar-refractivity contribution in [2.45, 2.75) is 53.1 Å². The van der Waals surface area contributed by atoms with Gasteiger partial charge >= 0.3 is 6.09 Å². The van der Waals surface area contributed by atoms with Gasteiger partial charge < -0.3 is 10.1 Å². The lowest BCUT2D eigenvalue weighted by Gasteiger charge is -2.19. The fourth-order valence-electron chi connectivity index (χ4n) is 2.95. The molecule has 0 saturated heterocycles. The van der Waals surface area contributed by atoms with Gasteiger partial charge in [0.1, 0.15) is 11.3 Å². The average Bonchev–Trinajstić information content (AvgIpc) is 2.53. The summed E-state index contributed by atoms with van der Waals surface area (Å²) in [7, 11) is 0. The number of benzene rings is 1. The molecular formula is C21H27N3O4. The summed E-state index contributed by atoms with van der Waals surface area (Å²) in [6.45, 7) is 9.43. The minimum atomic E-state index is -0.516.